The van der Waals surface area contributed by atoms with Crippen LogP contribution in [0.5, 0.6) is 0 Å². The second-order valence-corrected chi connectivity index (χ2v) is 32.0. The average Bonchev–Trinajstić information content (AvgIpc) is 4.17. The van der Waals surface area contributed by atoms with E-state index in [1.165, 1.54) is 22.3 Å². The molecule has 3 heterocycles. The number of benzene rings is 5. The maximum Gasteiger partial charge on any atom is 0.257 e. The highest BCUT2D eigenvalue weighted by molar-refractivity contribution is 8.00. The summed E-state index contributed by atoms with van der Waals surface area (Å²) >= 11 is 17.6. The van der Waals surface area contributed by atoms with Crippen molar-refractivity contribution in [2.24, 2.45) is 5.41 Å². The van der Waals surface area contributed by atoms with E-state index in [1.807, 2.05) is 183 Å². The Morgan fingerprint density at radius 2 is 0.966 bits per heavy atom. The molecule has 0 aliphatic carbocycles. The molecule has 8 rings (SSSR count). The quantitative estimate of drug-likeness (QED) is 0.0553. The molecule has 4 N–H and O–H groups in total. The summed E-state index contributed by atoms with van der Waals surface area (Å²) in [7, 11) is 0. The predicted molar refractivity (Wildman–Crippen MR) is 382 cm³/mol. The van der Waals surface area contributed by atoms with E-state index in [2.05, 4.69) is 129 Å². The fraction of sp³-hybridized carbons (Fsp3) is 0.356. The third-order valence-electron chi connectivity index (χ3n) is 13.0. The van der Waals surface area contributed by atoms with Gasteiger partial charge in [0.2, 0.25) is 11.8 Å². The first-order valence-corrected chi connectivity index (χ1v) is 34.0. The minimum atomic E-state index is -1.04. The maximum atomic E-state index is 12.0. The van der Waals surface area contributed by atoms with Crippen molar-refractivity contribution in [2.45, 2.75) is 160 Å². The second kappa shape index (κ2) is 35.9. The minimum Gasteiger partial charge on any atom is -0.467 e. The number of alkyl halides is 2. The lowest BCUT2D eigenvalue weighted by atomic mass is 9.87. The molecule has 476 valence electrons. The van der Waals surface area contributed by atoms with Crippen molar-refractivity contribution in [3.63, 3.8) is 0 Å². The highest BCUT2D eigenvalue weighted by atomic mass is 35.5. The number of carbonyl (C=O) groups excluding carboxylic acids is 5. The first kappa shape index (κ1) is 75.1. The van der Waals surface area contributed by atoms with Gasteiger partial charge in [0.25, 0.3) is 11.8 Å². The summed E-state index contributed by atoms with van der Waals surface area (Å²) in [5, 5.41) is 15.3. The van der Waals surface area contributed by atoms with Crippen LogP contribution in [0.15, 0.2) is 190 Å². The number of carbonyl (C=O) groups is 5. The molecule has 4 amide bonds. The van der Waals surface area contributed by atoms with Gasteiger partial charge in [-0.15, -0.1) is 34.4 Å². The highest BCUT2D eigenvalue weighted by Crippen LogP contribution is 2.29. The predicted octanol–water partition coefficient (Wildman–Crippen LogP) is 19.8. The SMILES string of the molecule is CC(C)(C)C(=O)Cc1cccs1.CC(C)(C)SCc1ccc(C(=O)NCc2ccco2)cc1.CC(C)(C)c1ccc(NC(=O)C(Cl)Cl)cc1.CC(C)(C)c1ccc(NC(=O)CSc2ccccc2)cc1.CC(C)(C)c1ccc(NC(=O)Cc2cccs2)cc1. The number of thioether (sulfide) groups is 2. The minimum absolute atomic E-state index is 0.0207. The van der Waals surface area contributed by atoms with E-state index in [-0.39, 0.29) is 44.1 Å². The number of Topliss-reactive ketones (excluding diaryl/α,β-unsaturated/α-hetero) is 1. The zero-order valence-electron chi connectivity index (χ0n) is 54.3. The van der Waals surface area contributed by atoms with Crippen LogP contribution in [-0.2, 0) is 60.6 Å². The van der Waals surface area contributed by atoms with Crippen molar-refractivity contribution in [2.75, 3.05) is 21.7 Å². The monoisotopic (exact) mass is 1320 g/mol. The van der Waals surface area contributed by atoms with Crippen molar-refractivity contribution < 1.29 is 28.4 Å². The van der Waals surface area contributed by atoms with Gasteiger partial charge in [-0.2, -0.15) is 11.8 Å². The van der Waals surface area contributed by atoms with Crippen LogP contribution in [-0.4, -0.2) is 44.7 Å². The van der Waals surface area contributed by atoms with E-state index in [0.717, 1.165) is 37.5 Å². The third-order valence-corrected chi connectivity index (χ3v) is 17.5. The molecule has 16 heteroatoms. The number of ketones is 1. The molecule has 0 saturated heterocycles. The summed E-state index contributed by atoms with van der Waals surface area (Å²) < 4.78 is 5.43. The largest absolute Gasteiger partial charge is 0.467 e. The van der Waals surface area contributed by atoms with Gasteiger partial charge < -0.3 is 25.7 Å². The fourth-order valence-corrected chi connectivity index (χ4v) is 10.6. The van der Waals surface area contributed by atoms with E-state index >= 15 is 0 Å². The molecule has 0 spiro atoms. The Morgan fingerprint density at radius 1 is 0.506 bits per heavy atom. The van der Waals surface area contributed by atoms with Crippen LogP contribution in [0.1, 0.15) is 152 Å². The normalized spacial score (nSPS) is 11.4. The van der Waals surface area contributed by atoms with E-state index in [4.69, 9.17) is 27.6 Å². The summed E-state index contributed by atoms with van der Waals surface area (Å²) in [5.74, 6) is 2.00. The zero-order valence-corrected chi connectivity index (χ0v) is 59.0. The Kier molecular flexibility index (Phi) is 30.2. The summed E-state index contributed by atoms with van der Waals surface area (Å²) in [6.07, 6.45) is 2.63. The second-order valence-electron chi connectivity index (χ2n) is 26.0. The van der Waals surface area contributed by atoms with Gasteiger partial charge in [0.1, 0.15) is 11.5 Å². The van der Waals surface area contributed by atoms with Gasteiger partial charge in [-0.3, -0.25) is 24.0 Å². The van der Waals surface area contributed by atoms with Crippen LogP contribution in [0.25, 0.3) is 0 Å². The van der Waals surface area contributed by atoms with E-state index in [9.17, 15) is 24.0 Å². The first-order chi connectivity index (χ1) is 41.6. The number of hydrogen-bond acceptors (Lipinski definition) is 10. The van der Waals surface area contributed by atoms with Crippen molar-refractivity contribution >= 4 is 116 Å². The molecule has 10 nitrogen and oxygen atoms in total. The van der Waals surface area contributed by atoms with E-state index in [0.29, 0.717) is 42.2 Å². The lowest BCUT2D eigenvalue weighted by Crippen LogP contribution is -2.22. The van der Waals surface area contributed by atoms with Gasteiger partial charge in [-0.05, 0) is 134 Å². The van der Waals surface area contributed by atoms with E-state index < -0.39 is 10.7 Å². The molecule has 0 atom stereocenters. The number of thiophene rings is 2. The molecule has 0 fully saturated rings. The van der Waals surface area contributed by atoms with Crippen molar-refractivity contribution in [3.8, 4) is 0 Å². The Hall–Kier alpha value is -6.39. The molecule has 0 saturated carbocycles. The number of anilines is 3. The Labute approximate surface area is 556 Å². The number of rotatable bonds is 16. The van der Waals surface area contributed by atoms with Crippen LogP contribution >= 0.6 is 69.4 Å². The van der Waals surface area contributed by atoms with Gasteiger partial charge >= 0.3 is 0 Å². The lowest BCUT2D eigenvalue weighted by molar-refractivity contribution is -0.125. The Bertz CT molecular complexity index is 3360. The van der Waals surface area contributed by atoms with Crippen molar-refractivity contribution in [3.05, 3.63) is 224 Å². The van der Waals surface area contributed by atoms with Crippen LogP contribution < -0.4 is 21.3 Å². The number of amides is 4. The molecule has 0 aliphatic rings. The number of furan rings is 1. The van der Waals surface area contributed by atoms with Gasteiger partial charge in [0.15, 0.2) is 4.84 Å². The van der Waals surface area contributed by atoms with Crippen LogP contribution in [0.3, 0.4) is 0 Å². The molecule has 0 radical (unpaired) electrons. The zero-order chi connectivity index (χ0) is 66.0. The molecular weight excluding hydrogens is 1230 g/mol. The summed E-state index contributed by atoms with van der Waals surface area (Å²) in [5.41, 5.74) is 8.21. The number of nitrogens with one attached hydrogen (secondary N) is 4. The van der Waals surface area contributed by atoms with Gasteiger partial charge in [-0.25, -0.2) is 0 Å². The Balaban J connectivity index is 0.000000241. The highest BCUT2D eigenvalue weighted by Gasteiger charge is 2.22. The topological polar surface area (TPSA) is 147 Å². The van der Waals surface area contributed by atoms with Gasteiger partial charge in [0.05, 0.1) is 25.0 Å². The molecular formula is C73H90Cl2N4O6S4. The molecule has 5 aromatic carbocycles. The van der Waals surface area contributed by atoms with Crippen LogP contribution in [0.2, 0.25) is 0 Å². The van der Waals surface area contributed by atoms with Gasteiger partial charge in [-0.1, -0.05) is 206 Å². The molecule has 89 heavy (non-hydrogen) atoms. The first-order valence-electron chi connectivity index (χ1n) is 29.4. The molecule has 3 aromatic heterocycles. The molecule has 0 bridgehead atoms. The number of hydrogen-bond donors (Lipinski definition) is 4. The maximum absolute atomic E-state index is 12.0. The molecule has 0 aliphatic heterocycles. The standard InChI is InChI=1S/C18H21NOS.C17H21NO2S.C16H19NOS.C12H15Cl2NO.C10H14OS/c1-18(2,3)14-9-11-15(12-10-14)19-17(20)13-21-16-7-5-4-6-8-16;1-17(2,3)21-12-13-6-8-14(9-7-13)16(19)18-11-15-5-4-10-20-15;1-16(2,3)12-6-8-13(9-7-12)17-15(18)11-14-5-4-10-19-14;1-12(2,3)8-4-6-9(7-5-8)15-11(16)10(13)14;1-10(2,3)9(11)7-8-5-4-6-12-8/h4-12H,13H2,1-3H3,(H,19,20);4-10H,11-12H2,1-3H3,(H,18,19);4-10H,11H2,1-3H3,(H,17,18);4-7,10H,1-3H3,(H,15,16);4-6H,7H2,1-3H3. The van der Waals surface area contributed by atoms with Gasteiger partial charge in [0, 0.05) is 59.6 Å². The lowest BCUT2D eigenvalue weighted by Gasteiger charge is -2.19. The summed E-state index contributed by atoms with van der Waals surface area (Å²) in [4.78, 5) is 60.9. The third kappa shape index (κ3) is 30.3. The summed E-state index contributed by atoms with van der Waals surface area (Å²) in [6.45, 7) is 32.4. The Morgan fingerprint density at radius 3 is 1.37 bits per heavy atom. The van der Waals surface area contributed by atoms with Crippen LogP contribution in [0, 0.1) is 5.41 Å². The average molecular weight is 1320 g/mol. The summed E-state index contributed by atoms with van der Waals surface area (Å²) in [6, 6.07) is 53.1. The van der Waals surface area contributed by atoms with Crippen molar-refractivity contribution in [1.82, 2.24) is 5.32 Å². The van der Waals surface area contributed by atoms with Crippen LogP contribution in [0.4, 0.5) is 17.1 Å². The number of halogens is 2. The molecule has 8 aromatic rings. The van der Waals surface area contributed by atoms with Crippen molar-refractivity contribution in [1.29, 1.82) is 0 Å². The smallest absolute Gasteiger partial charge is 0.257 e. The molecule has 0 unspecified atom stereocenters. The van der Waals surface area contributed by atoms with E-state index in [1.54, 1.807) is 40.7 Å². The fourth-order valence-electron chi connectivity index (χ4n) is 7.57.